The Kier molecular flexibility index (Phi) is 4.33. The number of hydrogen-bond acceptors (Lipinski definition) is 8. The number of rotatable bonds is 4. The van der Waals surface area contributed by atoms with E-state index >= 15 is 0 Å². The molecule has 2 heterocycles. The zero-order chi connectivity index (χ0) is 16.2. The van der Waals surface area contributed by atoms with E-state index < -0.39 is 11.8 Å². The van der Waals surface area contributed by atoms with E-state index in [1.165, 1.54) is 7.11 Å². The second-order valence-electron chi connectivity index (χ2n) is 4.88. The molecule has 0 spiro atoms. The van der Waals surface area contributed by atoms with Crippen molar-refractivity contribution in [2.45, 2.75) is 0 Å². The molecule has 1 aromatic carbocycles. The summed E-state index contributed by atoms with van der Waals surface area (Å²) in [5.41, 5.74) is 0. The lowest BCUT2D eigenvalue weighted by Crippen LogP contribution is -2.37. The Morgan fingerprint density at radius 2 is 1.74 bits per heavy atom. The van der Waals surface area contributed by atoms with E-state index in [4.69, 9.17) is 14.2 Å². The van der Waals surface area contributed by atoms with Crippen LogP contribution >= 0.6 is 0 Å². The normalized spacial score (nSPS) is 14.6. The molecule has 23 heavy (non-hydrogen) atoms. The van der Waals surface area contributed by atoms with Gasteiger partial charge in [0.05, 0.1) is 20.3 Å². The van der Waals surface area contributed by atoms with Crippen LogP contribution in [0, 0.1) is 0 Å². The summed E-state index contributed by atoms with van der Waals surface area (Å²) >= 11 is 0. The molecular formula is C15H17N3O5. The molecule has 122 valence electrons. The third-order valence-corrected chi connectivity index (χ3v) is 3.37. The molecule has 0 amide bonds. The molecule has 0 bridgehead atoms. The lowest BCUT2D eigenvalue weighted by Gasteiger charge is -2.26. The van der Waals surface area contributed by atoms with Crippen molar-refractivity contribution in [2.24, 2.45) is 0 Å². The topological polar surface area (TPSA) is 97.2 Å². The molecule has 8 nitrogen and oxygen atoms in total. The van der Waals surface area contributed by atoms with E-state index in [-0.39, 0.29) is 11.7 Å². The Balaban J connectivity index is 1.84. The average Bonchev–Trinajstić information content (AvgIpc) is 2.59. The fourth-order valence-corrected chi connectivity index (χ4v) is 2.19. The Labute approximate surface area is 132 Å². The van der Waals surface area contributed by atoms with Gasteiger partial charge in [0.25, 0.3) is 17.5 Å². The SMILES string of the molecule is COc1cccc(Oc2c(O)nc(N3CCOCC3)nc2O)c1. The third-order valence-electron chi connectivity index (χ3n) is 3.37. The van der Waals surface area contributed by atoms with Gasteiger partial charge in [-0.1, -0.05) is 6.07 Å². The van der Waals surface area contributed by atoms with Crippen LogP contribution in [0.25, 0.3) is 0 Å². The molecular weight excluding hydrogens is 302 g/mol. The number of aromatic nitrogens is 2. The highest BCUT2D eigenvalue weighted by Crippen LogP contribution is 2.38. The quantitative estimate of drug-likeness (QED) is 0.875. The molecule has 0 unspecified atom stereocenters. The minimum absolute atomic E-state index is 0.199. The van der Waals surface area contributed by atoms with Gasteiger partial charge in [0, 0.05) is 19.2 Å². The van der Waals surface area contributed by atoms with E-state index in [2.05, 4.69) is 9.97 Å². The third kappa shape index (κ3) is 3.37. The van der Waals surface area contributed by atoms with Gasteiger partial charge in [0.15, 0.2) is 0 Å². The van der Waals surface area contributed by atoms with Crippen LogP contribution in [-0.2, 0) is 4.74 Å². The predicted molar refractivity (Wildman–Crippen MR) is 81.5 cm³/mol. The van der Waals surface area contributed by atoms with Crippen LogP contribution < -0.4 is 14.4 Å². The number of morpholine rings is 1. The van der Waals surface area contributed by atoms with Gasteiger partial charge in [0.1, 0.15) is 11.5 Å². The second-order valence-corrected chi connectivity index (χ2v) is 4.88. The smallest absolute Gasteiger partial charge is 0.264 e. The molecule has 8 heteroatoms. The maximum Gasteiger partial charge on any atom is 0.264 e. The van der Waals surface area contributed by atoms with Crippen molar-refractivity contribution in [3.05, 3.63) is 24.3 Å². The molecule has 0 atom stereocenters. The maximum atomic E-state index is 10.1. The molecule has 2 aromatic rings. The highest BCUT2D eigenvalue weighted by atomic mass is 16.5. The van der Waals surface area contributed by atoms with Crippen LogP contribution in [0.4, 0.5) is 5.95 Å². The summed E-state index contributed by atoms with van der Waals surface area (Å²) in [4.78, 5) is 9.81. The highest BCUT2D eigenvalue weighted by molar-refractivity contribution is 5.50. The van der Waals surface area contributed by atoms with Crippen molar-refractivity contribution < 1.29 is 24.4 Å². The molecule has 0 radical (unpaired) electrons. The molecule has 3 rings (SSSR count). The predicted octanol–water partition coefficient (Wildman–Crippen LogP) is 1.53. The Hall–Kier alpha value is -2.74. The van der Waals surface area contributed by atoms with E-state index in [0.29, 0.717) is 37.8 Å². The minimum atomic E-state index is -0.429. The lowest BCUT2D eigenvalue weighted by atomic mass is 10.3. The van der Waals surface area contributed by atoms with Gasteiger partial charge in [-0.25, -0.2) is 0 Å². The number of aromatic hydroxyl groups is 2. The lowest BCUT2D eigenvalue weighted by molar-refractivity contribution is 0.122. The summed E-state index contributed by atoms with van der Waals surface area (Å²) in [6.45, 7) is 2.28. The Morgan fingerprint density at radius 3 is 2.39 bits per heavy atom. The van der Waals surface area contributed by atoms with Crippen LogP contribution in [0.15, 0.2) is 24.3 Å². The first-order valence-corrected chi connectivity index (χ1v) is 7.12. The fraction of sp³-hybridized carbons (Fsp3) is 0.333. The number of hydrogen-bond donors (Lipinski definition) is 2. The van der Waals surface area contributed by atoms with Crippen molar-refractivity contribution in [3.63, 3.8) is 0 Å². The van der Waals surface area contributed by atoms with Crippen molar-refractivity contribution in [1.82, 2.24) is 9.97 Å². The number of nitrogens with zero attached hydrogens (tertiary/aromatic N) is 3. The molecule has 1 fully saturated rings. The largest absolute Gasteiger partial charge is 0.497 e. The molecule has 0 saturated carbocycles. The Morgan fingerprint density at radius 1 is 1.09 bits per heavy atom. The first kappa shape index (κ1) is 15.2. The van der Waals surface area contributed by atoms with E-state index in [0.717, 1.165) is 0 Å². The van der Waals surface area contributed by atoms with Crippen molar-refractivity contribution in [3.8, 4) is 29.0 Å². The van der Waals surface area contributed by atoms with Gasteiger partial charge in [-0.05, 0) is 12.1 Å². The molecule has 1 aliphatic rings. The van der Waals surface area contributed by atoms with Crippen molar-refractivity contribution >= 4 is 5.95 Å². The number of ether oxygens (including phenoxy) is 3. The van der Waals surface area contributed by atoms with Crippen LogP contribution in [0.2, 0.25) is 0 Å². The van der Waals surface area contributed by atoms with Crippen LogP contribution in [0.3, 0.4) is 0 Å². The number of benzene rings is 1. The molecule has 1 aliphatic heterocycles. The van der Waals surface area contributed by atoms with Crippen molar-refractivity contribution in [1.29, 1.82) is 0 Å². The summed E-state index contributed by atoms with van der Waals surface area (Å²) in [7, 11) is 1.54. The summed E-state index contributed by atoms with van der Waals surface area (Å²) in [5.74, 6) is 0.158. The first-order chi connectivity index (χ1) is 11.2. The highest BCUT2D eigenvalue weighted by Gasteiger charge is 2.21. The molecule has 0 aliphatic carbocycles. The van der Waals surface area contributed by atoms with Crippen molar-refractivity contribution in [2.75, 3.05) is 38.3 Å². The Bertz CT molecular complexity index is 666. The number of anilines is 1. The standard InChI is InChI=1S/C15H17N3O5/c1-21-10-3-2-4-11(9-10)23-12-13(19)16-15(17-14(12)20)18-5-7-22-8-6-18/h2-4,9H,5-8H2,1H3,(H2,16,17,19,20). The monoisotopic (exact) mass is 319 g/mol. The average molecular weight is 319 g/mol. The molecule has 1 aromatic heterocycles. The molecule has 2 N–H and O–H groups in total. The summed E-state index contributed by atoms with van der Waals surface area (Å²) in [6, 6.07) is 6.77. The zero-order valence-corrected chi connectivity index (χ0v) is 12.6. The van der Waals surface area contributed by atoms with Gasteiger partial charge in [0.2, 0.25) is 5.95 Å². The first-order valence-electron chi connectivity index (χ1n) is 7.12. The van der Waals surface area contributed by atoms with Gasteiger partial charge >= 0.3 is 0 Å². The molecule has 1 saturated heterocycles. The van der Waals surface area contributed by atoms with Gasteiger partial charge in [-0.3, -0.25) is 0 Å². The second kappa shape index (κ2) is 6.57. The number of methoxy groups -OCH3 is 1. The zero-order valence-electron chi connectivity index (χ0n) is 12.6. The van der Waals surface area contributed by atoms with E-state index in [9.17, 15) is 10.2 Å². The van der Waals surface area contributed by atoms with Crippen LogP contribution in [0.1, 0.15) is 0 Å². The maximum absolute atomic E-state index is 10.1. The summed E-state index contributed by atoms with van der Waals surface area (Å²) in [6.07, 6.45) is 0. The minimum Gasteiger partial charge on any atom is -0.497 e. The van der Waals surface area contributed by atoms with Crippen LogP contribution in [-0.4, -0.2) is 53.6 Å². The van der Waals surface area contributed by atoms with Gasteiger partial charge in [-0.15, -0.1) is 0 Å². The van der Waals surface area contributed by atoms with Gasteiger partial charge < -0.3 is 29.3 Å². The van der Waals surface area contributed by atoms with Crippen LogP contribution in [0.5, 0.6) is 29.0 Å². The van der Waals surface area contributed by atoms with Gasteiger partial charge in [-0.2, -0.15) is 9.97 Å². The fourth-order valence-electron chi connectivity index (χ4n) is 2.19. The van der Waals surface area contributed by atoms with E-state index in [1.54, 1.807) is 24.3 Å². The van der Waals surface area contributed by atoms with E-state index in [1.807, 2.05) is 4.90 Å². The summed E-state index contributed by atoms with van der Waals surface area (Å²) < 4.78 is 15.8. The summed E-state index contributed by atoms with van der Waals surface area (Å²) in [5, 5.41) is 20.1.